The molecule has 0 saturated heterocycles. The highest BCUT2D eigenvalue weighted by molar-refractivity contribution is 6.22. The van der Waals surface area contributed by atoms with Crippen molar-refractivity contribution >= 4 is 30.0 Å². The van der Waals surface area contributed by atoms with Crippen LogP contribution in [0.4, 0.5) is 0 Å². The molecule has 3 aromatic heterocycles. The SMILES string of the molecule is CCC1=C(C)C2/C=c3\[nH]/c(c(C)c3CC)=C\c3[nH]c(c(C)c3CC)C=c3[nH]c(c(C)c3CC)=CC1=N2. The molecule has 0 aliphatic carbocycles. The summed E-state index contributed by atoms with van der Waals surface area (Å²) in [6.45, 7) is 18.0. The number of nitrogens with one attached hydrogen (secondary N) is 3. The molecule has 3 aromatic rings. The van der Waals surface area contributed by atoms with Gasteiger partial charge in [-0.2, -0.15) is 0 Å². The summed E-state index contributed by atoms with van der Waals surface area (Å²) in [6, 6.07) is 0.0628. The standard InChI is InChI=1S/C32H40N4/c1-9-21-17(5)25-14-30-23(11-3)19(7)27(35-30)16-32-24(12-4)20(8)28(36-32)15-31-22(10-2)18(6)26(34-31)13-29(21)33-25/h13-16,25,34-36H,9-12H2,1-8H3/b26-13?,27-16-,30-14-,31-15?. The van der Waals surface area contributed by atoms with E-state index >= 15 is 0 Å². The van der Waals surface area contributed by atoms with Crippen LogP contribution in [0.1, 0.15) is 85.8 Å². The summed E-state index contributed by atoms with van der Waals surface area (Å²) in [7, 11) is 0. The predicted octanol–water partition coefficient (Wildman–Crippen LogP) is 4.07. The Bertz CT molecular complexity index is 1660. The smallest absolute Gasteiger partial charge is 0.0924 e. The topological polar surface area (TPSA) is 59.7 Å². The second-order valence-corrected chi connectivity index (χ2v) is 10.3. The van der Waals surface area contributed by atoms with Gasteiger partial charge in [-0.1, -0.05) is 27.7 Å². The van der Waals surface area contributed by atoms with Gasteiger partial charge in [0.1, 0.15) is 0 Å². The zero-order valence-corrected chi connectivity index (χ0v) is 23.2. The summed E-state index contributed by atoms with van der Waals surface area (Å²) in [5.41, 5.74) is 14.3. The second kappa shape index (κ2) is 9.31. The van der Waals surface area contributed by atoms with Crippen molar-refractivity contribution in [1.82, 2.24) is 15.0 Å². The number of aromatic amines is 3. The summed E-state index contributed by atoms with van der Waals surface area (Å²) in [4.78, 5) is 16.5. The third-order valence-electron chi connectivity index (χ3n) is 8.46. The number of aliphatic imine (C=N–C) groups is 1. The third-order valence-corrected chi connectivity index (χ3v) is 8.46. The van der Waals surface area contributed by atoms with Crippen molar-refractivity contribution in [3.63, 3.8) is 0 Å². The highest BCUT2D eigenvalue weighted by Crippen LogP contribution is 2.26. The van der Waals surface area contributed by atoms with Gasteiger partial charge in [0.15, 0.2) is 0 Å². The molecule has 4 heteroatoms. The number of rotatable bonds is 4. The Labute approximate surface area is 214 Å². The van der Waals surface area contributed by atoms with E-state index in [1.54, 1.807) is 0 Å². The van der Waals surface area contributed by atoms with Gasteiger partial charge < -0.3 is 15.0 Å². The van der Waals surface area contributed by atoms with Crippen LogP contribution in [0.25, 0.3) is 24.3 Å². The van der Waals surface area contributed by atoms with Crippen LogP contribution < -0.4 is 21.4 Å². The van der Waals surface area contributed by atoms with Gasteiger partial charge in [-0.3, -0.25) is 4.99 Å². The van der Waals surface area contributed by atoms with Gasteiger partial charge in [-0.05, 0) is 122 Å². The van der Waals surface area contributed by atoms with Gasteiger partial charge in [0, 0.05) is 32.8 Å². The lowest BCUT2D eigenvalue weighted by Gasteiger charge is -2.04. The highest BCUT2D eigenvalue weighted by Gasteiger charge is 2.22. The first kappa shape index (κ1) is 24.4. The van der Waals surface area contributed by atoms with Crippen LogP contribution in [-0.2, 0) is 19.3 Å². The van der Waals surface area contributed by atoms with Crippen LogP contribution in [0.2, 0.25) is 0 Å². The molecule has 1 unspecified atom stereocenters. The number of hydrogen-bond acceptors (Lipinski definition) is 1. The molecule has 5 heterocycles. The molecule has 36 heavy (non-hydrogen) atoms. The van der Waals surface area contributed by atoms with Crippen molar-refractivity contribution in [2.45, 2.75) is 87.1 Å². The molecular formula is C32H40N4. The summed E-state index contributed by atoms with van der Waals surface area (Å²) < 4.78 is 0. The minimum atomic E-state index is 0.0628. The van der Waals surface area contributed by atoms with Crippen molar-refractivity contribution in [2.24, 2.45) is 4.99 Å². The quantitative estimate of drug-likeness (QED) is 0.504. The Morgan fingerprint density at radius 1 is 0.611 bits per heavy atom. The fraction of sp³-hybridized carbons (Fsp3) is 0.406. The van der Waals surface area contributed by atoms with E-state index in [0.717, 1.165) is 31.4 Å². The molecule has 1 atom stereocenters. The highest BCUT2D eigenvalue weighted by atomic mass is 14.8. The molecule has 0 spiro atoms. The largest absolute Gasteiger partial charge is 0.355 e. The maximum Gasteiger partial charge on any atom is 0.0924 e. The summed E-state index contributed by atoms with van der Waals surface area (Å²) >= 11 is 0. The number of fused-ring (bicyclic) bond motifs is 7. The maximum absolute atomic E-state index is 5.24. The number of nitrogens with zero attached hydrogens (tertiary/aromatic N) is 1. The van der Waals surface area contributed by atoms with Crippen LogP contribution in [0.15, 0.2) is 16.1 Å². The van der Waals surface area contributed by atoms with Gasteiger partial charge in [0.05, 0.1) is 11.8 Å². The lowest BCUT2D eigenvalue weighted by atomic mass is 9.99. The minimum absolute atomic E-state index is 0.0628. The lowest BCUT2D eigenvalue weighted by Crippen LogP contribution is -2.16. The number of allylic oxidation sites excluding steroid dienone is 1. The normalized spacial score (nSPS) is 18.8. The van der Waals surface area contributed by atoms with E-state index in [1.165, 1.54) is 77.3 Å². The molecule has 2 aliphatic rings. The Kier molecular flexibility index (Phi) is 6.32. The lowest BCUT2D eigenvalue weighted by molar-refractivity contribution is 0.991. The molecule has 3 N–H and O–H groups in total. The summed E-state index contributed by atoms with van der Waals surface area (Å²) in [5, 5.41) is 4.75. The van der Waals surface area contributed by atoms with Crippen molar-refractivity contribution in [2.75, 3.05) is 0 Å². The molecule has 8 bridgehead atoms. The molecular weight excluding hydrogens is 440 g/mol. The Morgan fingerprint density at radius 3 is 1.83 bits per heavy atom. The van der Waals surface area contributed by atoms with Gasteiger partial charge in [-0.25, -0.2) is 0 Å². The molecule has 2 aliphatic heterocycles. The Balaban J connectivity index is 1.93. The first-order valence-electron chi connectivity index (χ1n) is 13.6. The average Bonchev–Trinajstić information content (AvgIpc) is 3.51. The molecule has 0 aromatic carbocycles. The van der Waals surface area contributed by atoms with Gasteiger partial charge in [0.25, 0.3) is 0 Å². The van der Waals surface area contributed by atoms with E-state index in [2.05, 4.69) is 94.6 Å². The molecule has 0 saturated carbocycles. The maximum atomic E-state index is 5.24. The van der Waals surface area contributed by atoms with Crippen molar-refractivity contribution in [3.05, 3.63) is 77.3 Å². The third kappa shape index (κ3) is 3.78. The van der Waals surface area contributed by atoms with E-state index in [0.29, 0.717) is 0 Å². The predicted molar refractivity (Wildman–Crippen MR) is 154 cm³/mol. The monoisotopic (exact) mass is 480 g/mol. The Morgan fingerprint density at radius 2 is 1.19 bits per heavy atom. The molecule has 5 rings (SSSR count). The van der Waals surface area contributed by atoms with Gasteiger partial charge >= 0.3 is 0 Å². The zero-order valence-electron chi connectivity index (χ0n) is 23.2. The summed E-state index contributed by atoms with van der Waals surface area (Å²) in [6.07, 6.45) is 13.2. The number of hydrogen-bond donors (Lipinski definition) is 3. The van der Waals surface area contributed by atoms with Crippen molar-refractivity contribution < 1.29 is 0 Å². The first-order valence-corrected chi connectivity index (χ1v) is 13.6. The Hall–Kier alpha value is -3.27. The fourth-order valence-electron chi connectivity index (χ4n) is 6.26. The van der Waals surface area contributed by atoms with Gasteiger partial charge in [0.2, 0.25) is 0 Å². The summed E-state index contributed by atoms with van der Waals surface area (Å²) in [5.74, 6) is 0. The van der Waals surface area contributed by atoms with Crippen LogP contribution in [0.5, 0.6) is 0 Å². The molecule has 188 valence electrons. The molecule has 4 nitrogen and oxygen atoms in total. The zero-order chi connectivity index (χ0) is 25.7. The van der Waals surface area contributed by atoms with Gasteiger partial charge in [-0.15, -0.1) is 0 Å². The second-order valence-electron chi connectivity index (χ2n) is 10.3. The first-order chi connectivity index (χ1) is 17.3. The van der Waals surface area contributed by atoms with Crippen molar-refractivity contribution in [1.29, 1.82) is 0 Å². The molecule has 0 radical (unpaired) electrons. The van der Waals surface area contributed by atoms with Crippen LogP contribution in [0, 0.1) is 20.8 Å². The van der Waals surface area contributed by atoms with E-state index in [1.807, 2.05) is 0 Å². The van der Waals surface area contributed by atoms with Crippen molar-refractivity contribution in [3.8, 4) is 0 Å². The van der Waals surface area contributed by atoms with E-state index < -0.39 is 0 Å². The fourth-order valence-corrected chi connectivity index (χ4v) is 6.26. The van der Waals surface area contributed by atoms with Crippen LogP contribution in [-0.4, -0.2) is 26.7 Å². The number of H-pyrrole nitrogens is 3. The van der Waals surface area contributed by atoms with Crippen LogP contribution in [0.3, 0.4) is 0 Å². The van der Waals surface area contributed by atoms with E-state index in [4.69, 9.17) is 4.99 Å². The van der Waals surface area contributed by atoms with E-state index in [-0.39, 0.29) is 6.04 Å². The van der Waals surface area contributed by atoms with Crippen LogP contribution >= 0.6 is 0 Å². The number of aromatic nitrogens is 3. The molecule has 0 fully saturated rings. The minimum Gasteiger partial charge on any atom is -0.355 e. The average molecular weight is 481 g/mol. The van der Waals surface area contributed by atoms with E-state index in [9.17, 15) is 0 Å². The molecule has 0 amide bonds.